The lowest BCUT2D eigenvalue weighted by atomic mass is 10.1. The molecule has 6 nitrogen and oxygen atoms in total. The number of rotatable bonds is 9. The Bertz CT molecular complexity index is 636. The van der Waals surface area contributed by atoms with Crippen molar-refractivity contribution in [2.45, 2.75) is 38.5 Å². The van der Waals surface area contributed by atoms with Gasteiger partial charge in [-0.2, -0.15) is 0 Å². The van der Waals surface area contributed by atoms with Crippen LogP contribution in [0.2, 0.25) is 0 Å². The average molecular weight is 304 g/mol. The first-order chi connectivity index (χ1) is 10.7. The molecule has 0 spiro atoms. The summed E-state index contributed by atoms with van der Waals surface area (Å²) in [5, 5.41) is 16.2. The standard InChI is InChI=1S/C16H20N2O4/c19-15(17-10-6-2-1-3-9-16(20)21)11-13-12-7-4-5-8-14(12)22-18-13/h4-5,7-8H,1-3,6,9-11H2,(H,17,19)(H,20,21). The summed E-state index contributed by atoms with van der Waals surface area (Å²) < 4.78 is 5.16. The molecule has 0 saturated carbocycles. The van der Waals surface area contributed by atoms with E-state index < -0.39 is 5.97 Å². The molecule has 0 radical (unpaired) electrons. The molecule has 0 aliphatic carbocycles. The van der Waals surface area contributed by atoms with Crippen molar-refractivity contribution >= 4 is 22.8 Å². The van der Waals surface area contributed by atoms with Crippen LogP contribution in [0.1, 0.15) is 37.8 Å². The van der Waals surface area contributed by atoms with Crippen molar-refractivity contribution in [2.24, 2.45) is 0 Å². The van der Waals surface area contributed by atoms with Crippen LogP contribution in [0.5, 0.6) is 0 Å². The van der Waals surface area contributed by atoms with E-state index in [1.54, 1.807) is 0 Å². The van der Waals surface area contributed by atoms with Crippen molar-refractivity contribution in [1.29, 1.82) is 0 Å². The third-order valence-corrected chi connectivity index (χ3v) is 3.42. The number of fused-ring (bicyclic) bond motifs is 1. The predicted octanol–water partition coefficient (Wildman–Crippen LogP) is 2.52. The summed E-state index contributed by atoms with van der Waals surface area (Å²) in [6.45, 7) is 0.599. The second kappa shape index (κ2) is 8.17. The summed E-state index contributed by atoms with van der Waals surface area (Å²) in [6.07, 6.45) is 3.75. The van der Waals surface area contributed by atoms with Crippen LogP contribution in [0.3, 0.4) is 0 Å². The molecular formula is C16H20N2O4. The maximum Gasteiger partial charge on any atom is 0.303 e. The van der Waals surface area contributed by atoms with Gasteiger partial charge in [0.2, 0.25) is 5.91 Å². The largest absolute Gasteiger partial charge is 0.481 e. The van der Waals surface area contributed by atoms with Crippen molar-refractivity contribution in [1.82, 2.24) is 10.5 Å². The SMILES string of the molecule is O=C(O)CCCCCCNC(=O)Cc1noc2ccccc12. The van der Waals surface area contributed by atoms with E-state index >= 15 is 0 Å². The molecule has 1 heterocycles. The Balaban J connectivity index is 1.65. The third-order valence-electron chi connectivity index (χ3n) is 3.42. The van der Waals surface area contributed by atoms with E-state index in [1.807, 2.05) is 24.3 Å². The zero-order valence-electron chi connectivity index (χ0n) is 12.4. The van der Waals surface area contributed by atoms with Crippen LogP contribution >= 0.6 is 0 Å². The van der Waals surface area contributed by atoms with Gasteiger partial charge in [-0.3, -0.25) is 9.59 Å². The van der Waals surface area contributed by atoms with Gasteiger partial charge in [-0.15, -0.1) is 0 Å². The van der Waals surface area contributed by atoms with Crippen molar-refractivity contribution in [3.05, 3.63) is 30.0 Å². The molecule has 1 aromatic heterocycles. The number of carbonyl (C=O) groups is 2. The average Bonchev–Trinajstić information content (AvgIpc) is 2.89. The molecule has 0 fully saturated rings. The zero-order chi connectivity index (χ0) is 15.8. The molecule has 2 aromatic rings. The van der Waals surface area contributed by atoms with E-state index in [0.717, 1.165) is 24.6 Å². The summed E-state index contributed by atoms with van der Waals surface area (Å²) in [5.41, 5.74) is 1.33. The van der Waals surface area contributed by atoms with Gasteiger partial charge in [0.05, 0.1) is 6.42 Å². The monoisotopic (exact) mass is 304 g/mol. The highest BCUT2D eigenvalue weighted by atomic mass is 16.5. The quantitative estimate of drug-likeness (QED) is 0.694. The molecule has 0 saturated heterocycles. The number of benzene rings is 1. The van der Waals surface area contributed by atoms with Crippen LogP contribution in [0, 0.1) is 0 Å². The molecule has 0 atom stereocenters. The molecule has 0 unspecified atom stereocenters. The zero-order valence-corrected chi connectivity index (χ0v) is 12.4. The molecule has 118 valence electrons. The lowest BCUT2D eigenvalue weighted by molar-refractivity contribution is -0.137. The van der Waals surface area contributed by atoms with Gasteiger partial charge < -0.3 is 14.9 Å². The number of hydrogen-bond donors (Lipinski definition) is 2. The Kier molecular flexibility index (Phi) is 5.94. The van der Waals surface area contributed by atoms with Gasteiger partial charge in [-0.1, -0.05) is 30.1 Å². The maximum atomic E-state index is 11.9. The Morgan fingerprint density at radius 1 is 1.14 bits per heavy atom. The highest BCUT2D eigenvalue weighted by Crippen LogP contribution is 2.17. The first kappa shape index (κ1) is 16.0. The maximum absolute atomic E-state index is 11.9. The van der Waals surface area contributed by atoms with E-state index in [4.69, 9.17) is 9.63 Å². The number of aromatic nitrogens is 1. The van der Waals surface area contributed by atoms with Gasteiger partial charge in [-0.25, -0.2) is 0 Å². The number of carbonyl (C=O) groups excluding carboxylic acids is 1. The first-order valence-corrected chi connectivity index (χ1v) is 7.48. The molecule has 2 rings (SSSR count). The van der Waals surface area contributed by atoms with Gasteiger partial charge in [0.15, 0.2) is 5.58 Å². The number of amides is 1. The fourth-order valence-electron chi connectivity index (χ4n) is 2.26. The summed E-state index contributed by atoms with van der Waals surface area (Å²) in [4.78, 5) is 22.2. The third kappa shape index (κ3) is 4.87. The Labute approximate surface area is 128 Å². The van der Waals surface area contributed by atoms with Crippen LogP contribution < -0.4 is 5.32 Å². The smallest absolute Gasteiger partial charge is 0.303 e. The van der Waals surface area contributed by atoms with Gasteiger partial charge >= 0.3 is 5.97 Å². The fraction of sp³-hybridized carbons (Fsp3) is 0.438. The minimum atomic E-state index is -0.756. The van der Waals surface area contributed by atoms with E-state index in [2.05, 4.69) is 10.5 Å². The lowest BCUT2D eigenvalue weighted by Crippen LogP contribution is -2.26. The number of nitrogens with one attached hydrogen (secondary N) is 1. The summed E-state index contributed by atoms with van der Waals surface area (Å²) >= 11 is 0. The van der Waals surface area contributed by atoms with Gasteiger partial charge in [0, 0.05) is 18.4 Å². The van der Waals surface area contributed by atoms with E-state index in [9.17, 15) is 9.59 Å². The number of nitrogens with zero attached hydrogens (tertiary/aromatic N) is 1. The number of unbranched alkanes of at least 4 members (excludes halogenated alkanes) is 3. The van der Waals surface area contributed by atoms with Crippen LogP contribution in [0.4, 0.5) is 0 Å². The van der Waals surface area contributed by atoms with Crippen molar-refractivity contribution in [3.8, 4) is 0 Å². The Hall–Kier alpha value is -2.37. The van der Waals surface area contributed by atoms with Crippen LogP contribution in [-0.4, -0.2) is 28.7 Å². The molecule has 0 aliphatic rings. The van der Waals surface area contributed by atoms with Crippen molar-refractivity contribution in [3.63, 3.8) is 0 Å². The summed E-state index contributed by atoms with van der Waals surface area (Å²) in [6, 6.07) is 7.46. The number of para-hydroxylation sites is 1. The Morgan fingerprint density at radius 2 is 1.91 bits per heavy atom. The number of aliphatic carboxylic acids is 1. The predicted molar refractivity (Wildman–Crippen MR) is 81.4 cm³/mol. The highest BCUT2D eigenvalue weighted by molar-refractivity contribution is 5.86. The topological polar surface area (TPSA) is 92.4 Å². The molecule has 2 N–H and O–H groups in total. The van der Waals surface area contributed by atoms with Gasteiger partial charge in [0.1, 0.15) is 5.69 Å². The molecule has 22 heavy (non-hydrogen) atoms. The summed E-state index contributed by atoms with van der Waals surface area (Å²) in [7, 11) is 0. The Morgan fingerprint density at radius 3 is 2.73 bits per heavy atom. The molecule has 1 aromatic carbocycles. The molecule has 0 bridgehead atoms. The number of hydrogen-bond acceptors (Lipinski definition) is 4. The van der Waals surface area contributed by atoms with E-state index in [1.165, 1.54) is 0 Å². The normalized spacial score (nSPS) is 10.7. The van der Waals surface area contributed by atoms with E-state index in [0.29, 0.717) is 24.2 Å². The molecule has 1 amide bonds. The fourth-order valence-corrected chi connectivity index (χ4v) is 2.26. The molecule has 6 heteroatoms. The second-order valence-electron chi connectivity index (χ2n) is 5.21. The van der Waals surface area contributed by atoms with Crippen molar-refractivity contribution in [2.75, 3.05) is 6.54 Å². The minimum absolute atomic E-state index is 0.0791. The highest BCUT2D eigenvalue weighted by Gasteiger charge is 2.11. The van der Waals surface area contributed by atoms with Gasteiger partial charge in [0.25, 0.3) is 0 Å². The number of carboxylic acid groups (broad SMARTS) is 1. The van der Waals surface area contributed by atoms with Crippen LogP contribution in [-0.2, 0) is 16.0 Å². The number of carboxylic acids is 1. The summed E-state index contributed by atoms with van der Waals surface area (Å²) in [5.74, 6) is -0.835. The van der Waals surface area contributed by atoms with E-state index in [-0.39, 0.29) is 18.7 Å². The molecular weight excluding hydrogens is 284 g/mol. The minimum Gasteiger partial charge on any atom is -0.481 e. The lowest BCUT2D eigenvalue weighted by Gasteiger charge is -2.04. The second-order valence-corrected chi connectivity index (χ2v) is 5.21. The first-order valence-electron chi connectivity index (χ1n) is 7.48. The van der Waals surface area contributed by atoms with Gasteiger partial charge in [-0.05, 0) is 25.0 Å². The van der Waals surface area contributed by atoms with Crippen molar-refractivity contribution < 1.29 is 19.2 Å². The molecule has 0 aliphatic heterocycles. The van der Waals surface area contributed by atoms with Crippen LogP contribution in [0.25, 0.3) is 11.0 Å². The van der Waals surface area contributed by atoms with Crippen LogP contribution in [0.15, 0.2) is 28.8 Å².